The number of halogens is 2. The maximum absolute atomic E-state index is 13.9. The Morgan fingerprint density at radius 1 is 1.21 bits per heavy atom. The minimum Gasteiger partial charge on any atom is -0.508 e. The summed E-state index contributed by atoms with van der Waals surface area (Å²) in [6.07, 6.45) is 0.712. The Balaban J connectivity index is 2.30. The molecule has 1 atom stereocenters. The van der Waals surface area contributed by atoms with Crippen LogP contribution in [0.2, 0.25) is 5.02 Å². The van der Waals surface area contributed by atoms with Crippen molar-refractivity contribution in [3.05, 3.63) is 58.9 Å². The molecule has 0 spiro atoms. The maximum Gasteiger partial charge on any atom is 0.164 e. The maximum atomic E-state index is 13.9. The second-order valence-electron chi connectivity index (χ2n) is 4.27. The highest BCUT2D eigenvalue weighted by molar-refractivity contribution is 6.31. The van der Waals surface area contributed by atoms with Crippen molar-refractivity contribution < 1.29 is 9.50 Å². The van der Waals surface area contributed by atoms with Crippen LogP contribution in [-0.4, -0.2) is 5.11 Å². The van der Waals surface area contributed by atoms with Gasteiger partial charge in [-0.1, -0.05) is 42.8 Å². The Bertz CT molecular complexity index is 574. The number of hydrogen-bond acceptors (Lipinski definition) is 2. The first-order valence-corrected chi connectivity index (χ1v) is 6.49. The van der Waals surface area contributed by atoms with E-state index in [4.69, 9.17) is 11.6 Å². The third-order valence-electron chi connectivity index (χ3n) is 3.00. The average Bonchev–Trinajstić information content (AvgIpc) is 2.41. The lowest BCUT2D eigenvalue weighted by Crippen LogP contribution is -2.11. The van der Waals surface area contributed by atoms with E-state index in [0.29, 0.717) is 12.1 Å². The van der Waals surface area contributed by atoms with Gasteiger partial charge < -0.3 is 10.4 Å². The fraction of sp³-hybridized carbons (Fsp3) is 0.200. The van der Waals surface area contributed by atoms with Gasteiger partial charge in [0.2, 0.25) is 0 Å². The molecule has 0 radical (unpaired) electrons. The molecular weight excluding hydrogens is 265 g/mol. The third-order valence-corrected chi connectivity index (χ3v) is 3.29. The van der Waals surface area contributed by atoms with Gasteiger partial charge in [-0.25, -0.2) is 4.39 Å². The van der Waals surface area contributed by atoms with Crippen LogP contribution in [0.15, 0.2) is 42.5 Å². The molecule has 0 amide bonds. The minimum atomic E-state index is -0.474. The summed E-state index contributed by atoms with van der Waals surface area (Å²) in [5.74, 6) is -0.276. The lowest BCUT2D eigenvalue weighted by Gasteiger charge is -2.20. The lowest BCUT2D eigenvalue weighted by molar-refractivity contribution is 0.462. The van der Waals surface area contributed by atoms with Crippen LogP contribution >= 0.6 is 11.6 Å². The Kier molecular flexibility index (Phi) is 4.27. The Morgan fingerprint density at radius 2 is 1.95 bits per heavy atom. The predicted molar refractivity (Wildman–Crippen MR) is 76.2 cm³/mol. The summed E-state index contributed by atoms with van der Waals surface area (Å²) in [6, 6.07) is 11.7. The zero-order chi connectivity index (χ0) is 13.8. The summed E-state index contributed by atoms with van der Waals surface area (Å²) in [6.45, 7) is 1.96. The fourth-order valence-corrected chi connectivity index (χ4v) is 2.16. The van der Waals surface area contributed by atoms with Crippen molar-refractivity contribution in [3.8, 4) is 5.75 Å². The molecule has 0 aliphatic carbocycles. The SMILES string of the molecule is CCC(Nc1cccc(Cl)c1F)c1ccccc1O. The number of benzene rings is 2. The standard InChI is InChI=1S/C15H15ClFNO/c1-2-12(10-6-3-4-9-14(10)19)18-13-8-5-7-11(16)15(13)17/h3-9,12,18-19H,2H2,1H3. The van der Waals surface area contributed by atoms with E-state index in [-0.39, 0.29) is 16.8 Å². The van der Waals surface area contributed by atoms with Gasteiger partial charge in [0.05, 0.1) is 16.8 Å². The zero-order valence-corrected chi connectivity index (χ0v) is 11.3. The number of aromatic hydroxyl groups is 1. The largest absolute Gasteiger partial charge is 0.508 e. The van der Waals surface area contributed by atoms with Crippen LogP contribution in [0.25, 0.3) is 0 Å². The molecule has 0 aromatic heterocycles. The highest BCUT2D eigenvalue weighted by atomic mass is 35.5. The van der Waals surface area contributed by atoms with Gasteiger partial charge in [-0.2, -0.15) is 0 Å². The smallest absolute Gasteiger partial charge is 0.164 e. The molecule has 0 bridgehead atoms. The number of rotatable bonds is 4. The van der Waals surface area contributed by atoms with Gasteiger partial charge in [0.1, 0.15) is 5.75 Å². The molecule has 0 saturated carbocycles. The fourth-order valence-electron chi connectivity index (χ4n) is 1.98. The summed E-state index contributed by atoms with van der Waals surface area (Å²) in [5.41, 5.74) is 1.08. The molecule has 2 rings (SSSR count). The van der Waals surface area contributed by atoms with Crippen LogP contribution in [0.1, 0.15) is 24.9 Å². The van der Waals surface area contributed by atoms with E-state index >= 15 is 0 Å². The summed E-state index contributed by atoms with van der Waals surface area (Å²) in [5, 5.41) is 13.0. The lowest BCUT2D eigenvalue weighted by atomic mass is 10.0. The van der Waals surface area contributed by atoms with Crippen LogP contribution < -0.4 is 5.32 Å². The average molecular weight is 280 g/mol. The van der Waals surface area contributed by atoms with Crippen molar-refractivity contribution in [2.75, 3.05) is 5.32 Å². The molecule has 19 heavy (non-hydrogen) atoms. The second kappa shape index (κ2) is 5.93. The van der Waals surface area contributed by atoms with Gasteiger partial charge >= 0.3 is 0 Å². The van der Waals surface area contributed by atoms with Gasteiger partial charge in [-0.3, -0.25) is 0 Å². The number of anilines is 1. The van der Waals surface area contributed by atoms with Gasteiger partial charge in [-0.05, 0) is 24.6 Å². The molecule has 2 N–H and O–H groups in total. The molecule has 0 fully saturated rings. The van der Waals surface area contributed by atoms with E-state index in [1.165, 1.54) is 6.07 Å². The second-order valence-corrected chi connectivity index (χ2v) is 4.67. The molecule has 2 aromatic carbocycles. The minimum absolute atomic E-state index is 0.0807. The van der Waals surface area contributed by atoms with Gasteiger partial charge in [0, 0.05) is 5.56 Å². The van der Waals surface area contributed by atoms with Crippen molar-refractivity contribution in [1.29, 1.82) is 0 Å². The quantitative estimate of drug-likeness (QED) is 0.846. The molecule has 0 aliphatic heterocycles. The third kappa shape index (κ3) is 2.99. The highest BCUT2D eigenvalue weighted by Gasteiger charge is 2.15. The normalized spacial score (nSPS) is 12.2. The summed E-state index contributed by atoms with van der Waals surface area (Å²) < 4.78 is 13.9. The van der Waals surface area contributed by atoms with E-state index in [2.05, 4.69) is 5.32 Å². The Morgan fingerprint density at radius 3 is 2.63 bits per heavy atom. The molecule has 2 nitrogen and oxygen atoms in total. The molecule has 0 aliphatic rings. The van der Waals surface area contributed by atoms with E-state index < -0.39 is 5.82 Å². The van der Waals surface area contributed by atoms with Crippen LogP contribution in [0, 0.1) is 5.82 Å². The van der Waals surface area contributed by atoms with Gasteiger partial charge in [-0.15, -0.1) is 0 Å². The van der Waals surface area contributed by atoms with Gasteiger partial charge in [0.15, 0.2) is 5.82 Å². The Hall–Kier alpha value is -1.74. The zero-order valence-electron chi connectivity index (χ0n) is 10.5. The number of hydrogen-bond donors (Lipinski definition) is 2. The van der Waals surface area contributed by atoms with Crippen molar-refractivity contribution in [3.63, 3.8) is 0 Å². The number of nitrogens with one attached hydrogen (secondary N) is 1. The van der Waals surface area contributed by atoms with Crippen molar-refractivity contribution in [2.45, 2.75) is 19.4 Å². The van der Waals surface area contributed by atoms with Crippen LogP contribution in [0.4, 0.5) is 10.1 Å². The van der Waals surface area contributed by atoms with Gasteiger partial charge in [0.25, 0.3) is 0 Å². The number of phenolic OH excluding ortho intramolecular Hbond substituents is 1. The van der Waals surface area contributed by atoms with Crippen LogP contribution in [0.3, 0.4) is 0 Å². The summed E-state index contributed by atoms with van der Waals surface area (Å²) >= 11 is 5.75. The van der Waals surface area contributed by atoms with Crippen LogP contribution in [0.5, 0.6) is 5.75 Å². The Labute approximate surface area is 116 Å². The summed E-state index contributed by atoms with van der Waals surface area (Å²) in [4.78, 5) is 0. The van der Waals surface area contributed by atoms with Crippen molar-refractivity contribution in [1.82, 2.24) is 0 Å². The first kappa shape index (κ1) is 13.7. The highest BCUT2D eigenvalue weighted by Crippen LogP contribution is 2.31. The first-order valence-electron chi connectivity index (χ1n) is 6.12. The number of para-hydroxylation sites is 1. The van der Waals surface area contributed by atoms with Crippen molar-refractivity contribution in [2.24, 2.45) is 0 Å². The van der Waals surface area contributed by atoms with E-state index in [1.807, 2.05) is 19.1 Å². The molecule has 2 aromatic rings. The topological polar surface area (TPSA) is 32.3 Å². The van der Waals surface area contributed by atoms with E-state index in [0.717, 1.165) is 5.56 Å². The van der Waals surface area contributed by atoms with E-state index in [1.54, 1.807) is 24.3 Å². The monoisotopic (exact) mass is 279 g/mol. The molecular formula is C15H15ClFNO. The summed E-state index contributed by atoms with van der Waals surface area (Å²) in [7, 11) is 0. The number of phenols is 1. The van der Waals surface area contributed by atoms with Crippen LogP contribution in [-0.2, 0) is 0 Å². The molecule has 100 valence electrons. The first-order chi connectivity index (χ1) is 9.13. The molecule has 0 saturated heterocycles. The predicted octanol–water partition coefficient (Wildman–Crippen LogP) is 4.75. The van der Waals surface area contributed by atoms with Crippen molar-refractivity contribution >= 4 is 17.3 Å². The van der Waals surface area contributed by atoms with E-state index in [9.17, 15) is 9.50 Å². The molecule has 0 heterocycles. The molecule has 4 heteroatoms. The molecule has 1 unspecified atom stereocenters.